The van der Waals surface area contributed by atoms with E-state index in [1.54, 1.807) is 4.90 Å². The van der Waals surface area contributed by atoms with Gasteiger partial charge in [-0.05, 0) is 47.6 Å². The molecule has 1 aromatic rings. The van der Waals surface area contributed by atoms with Crippen LogP contribution in [-0.4, -0.2) is 29.9 Å². The van der Waals surface area contributed by atoms with E-state index >= 15 is 0 Å². The van der Waals surface area contributed by atoms with E-state index in [-0.39, 0.29) is 17.0 Å². The lowest BCUT2D eigenvalue weighted by Crippen LogP contribution is -2.45. The summed E-state index contributed by atoms with van der Waals surface area (Å²) >= 11 is 7.78. The van der Waals surface area contributed by atoms with Crippen molar-refractivity contribution in [2.75, 3.05) is 13.1 Å². The zero-order valence-corrected chi connectivity index (χ0v) is 12.5. The molecule has 1 atom stereocenters. The van der Waals surface area contributed by atoms with Crippen molar-refractivity contribution in [2.24, 2.45) is 5.73 Å². The third-order valence-electron chi connectivity index (χ3n) is 2.99. The Labute approximate surface area is 124 Å². The molecule has 1 aromatic carbocycles. The van der Waals surface area contributed by atoms with E-state index in [1.165, 1.54) is 12.1 Å². The van der Waals surface area contributed by atoms with Gasteiger partial charge in [0.05, 0.1) is 10.6 Å². The van der Waals surface area contributed by atoms with Crippen LogP contribution >= 0.6 is 34.2 Å². The fourth-order valence-corrected chi connectivity index (χ4v) is 2.75. The maximum atomic E-state index is 13.3. The van der Waals surface area contributed by atoms with Gasteiger partial charge in [-0.3, -0.25) is 4.79 Å². The average molecular weight is 383 g/mol. The van der Waals surface area contributed by atoms with Crippen LogP contribution in [0.25, 0.3) is 0 Å². The van der Waals surface area contributed by atoms with Gasteiger partial charge in [0.25, 0.3) is 5.91 Å². The molecule has 18 heavy (non-hydrogen) atoms. The number of nitrogens with zero attached hydrogens (tertiary/aromatic N) is 1. The molecule has 1 aliphatic rings. The highest BCUT2D eigenvalue weighted by Gasteiger charge is 2.24. The molecule has 0 aliphatic carbocycles. The minimum atomic E-state index is -0.410. The zero-order chi connectivity index (χ0) is 13.3. The third kappa shape index (κ3) is 2.95. The molecule has 6 heteroatoms. The minimum Gasteiger partial charge on any atom is -0.337 e. The first-order valence-electron chi connectivity index (χ1n) is 5.68. The second kappa shape index (κ2) is 5.71. The molecular weight excluding hydrogens is 370 g/mol. The van der Waals surface area contributed by atoms with Gasteiger partial charge in [-0.2, -0.15) is 0 Å². The van der Waals surface area contributed by atoms with Crippen molar-refractivity contribution in [1.29, 1.82) is 0 Å². The lowest BCUT2D eigenvalue weighted by molar-refractivity contribution is 0.0709. The Bertz CT molecular complexity index is 483. The Hall–Kier alpha value is -0.400. The smallest absolute Gasteiger partial charge is 0.255 e. The van der Waals surface area contributed by atoms with Crippen LogP contribution in [0.3, 0.4) is 0 Å². The summed E-state index contributed by atoms with van der Waals surface area (Å²) in [6.45, 7) is 1.21. The Morgan fingerprint density at radius 1 is 1.56 bits per heavy atom. The van der Waals surface area contributed by atoms with Crippen molar-refractivity contribution in [3.05, 3.63) is 32.1 Å². The number of hydrogen-bond acceptors (Lipinski definition) is 2. The lowest BCUT2D eigenvalue weighted by Gasteiger charge is -2.31. The molecule has 0 bridgehead atoms. The van der Waals surface area contributed by atoms with E-state index in [0.717, 1.165) is 12.8 Å². The van der Waals surface area contributed by atoms with Crippen molar-refractivity contribution in [1.82, 2.24) is 4.90 Å². The van der Waals surface area contributed by atoms with E-state index in [0.29, 0.717) is 22.2 Å². The number of likely N-dealkylation sites (tertiary alicyclic amines) is 1. The number of rotatable bonds is 1. The van der Waals surface area contributed by atoms with Crippen LogP contribution < -0.4 is 5.73 Å². The van der Waals surface area contributed by atoms with E-state index in [9.17, 15) is 9.18 Å². The summed E-state index contributed by atoms with van der Waals surface area (Å²) in [7, 11) is 0. The molecule has 0 aromatic heterocycles. The second-order valence-corrected chi connectivity index (χ2v) is 5.97. The summed E-state index contributed by atoms with van der Waals surface area (Å²) in [6.07, 6.45) is 1.82. The molecule has 0 spiro atoms. The quantitative estimate of drug-likeness (QED) is 0.599. The van der Waals surface area contributed by atoms with Crippen LogP contribution in [0.2, 0.25) is 5.02 Å². The van der Waals surface area contributed by atoms with Gasteiger partial charge in [0.1, 0.15) is 5.82 Å². The summed E-state index contributed by atoms with van der Waals surface area (Å²) in [5, 5.41) is 0.150. The van der Waals surface area contributed by atoms with Gasteiger partial charge in [-0.1, -0.05) is 11.6 Å². The number of piperidine rings is 1. The normalized spacial score (nSPS) is 20.0. The number of amides is 1. The van der Waals surface area contributed by atoms with E-state index in [4.69, 9.17) is 17.3 Å². The van der Waals surface area contributed by atoms with Crippen molar-refractivity contribution in [3.63, 3.8) is 0 Å². The highest BCUT2D eigenvalue weighted by Crippen LogP contribution is 2.24. The van der Waals surface area contributed by atoms with Crippen molar-refractivity contribution in [3.8, 4) is 0 Å². The van der Waals surface area contributed by atoms with Crippen LogP contribution in [0.4, 0.5) is 4.39 Å². The number of nitrogens with two attached hydrogens (primary N) is 1. The first-order valence-corrected chi connectivity index (χ1v) is 7.14. The van der Waals surface area contributed by atoms with Crippen molar-refractivity contribution < 1.29 is 9.18 Å². The Balaban J connectivity index is 2.25. The van der Waals surface area contributed by atoms with Crippen molar-refractivity contribution in [2.45, 2.75) is 18.9 Å². The summed E-state index contributed by atoms with van der Waals surface area (Å²) in [6, 6.07) is 2.68. The van der Waals surface area contributed by atoms with Gasteiger partial charge < -0.3 is 10.6 Å². The van der Waals surface area contributed by atoms with Crippen LogP contribution in [0.5, 0.6) is 0 Å². The molecule has 98 valence electrons. The highest BCUT2D eigenvalue weighted by molar-refractivity contribution is 14.1. The van der Waals surface area contributed by atoms with Gasteiger partial charge in [0.2, 0.25) is 0 Å². The molecule has 1 saturated heterocycles. The number of halogens is 3. The zero-order valence-electron chi connectivity index (χ0n) is 9.63. The predicted molar refractivity (Wildman–Crippen MR) is 77.2 cm³/mol. The summed E-state index contributed by atoms with van der Waals surface area (Å²) in [5.74, 6) is -0.583. The first kappa shape index (κ1) is 14.0. The first-order chi connectivity index (χ1) is 8.49. The Morgan fingerprint density at radius 3 is 2.94 bits per heavy atom. The fraction of sp³-hybridized carbons (Fsp3) is 0.417. The molecule has 1 fully saturated rings. The van der Waals surface area contributed by atoms with Crippen LogP contribution in [0.15, 0.2) is 12.1 Å². The van der Waals surface area contributed by atoms with E-state index in [2.05, 4.69) is 0 Å². The molecular formula is C12H13ClFIN2O. The number of hydrogen-bond donors (Lipinski definition) is 1. The van der Waals surface area contributed by atoms with E-state index in [1.807, 2.05) is 22.6 Å². The van der Waals surface area contributed by atoms with E-state index < -0.39 is 5.82 Å². The van der Waals surface area contributed by atoms with Crippen molar-refractivity contribution >= 4 is 40.1 Å². The monoisotopic (exact) mass is 382 g/mol. The van der Waals surface area contributed by atoms with Gasteiger partial charge in [-0.25, -0.2) is 4.39 Å². The molecule has 0 saturated carbocycles. The Morgan fingerprint density at radius 2 is 2.28 bits per heavy atom. The Kier molecular flexibility index (Phi) is 4.45. The molecule has 1 amide bonds. The molecule has 0 radical (unpaired) electrons. The summed E-state index contributed by atoms with van der Waals surface area (Å²) in [4.78, 5) is 14.0. The molecule has 3 nitrogen and oxygen atoms in total. The predicted octanol–water partition coefficient (Wildman–Crippen LogP) is 2.65. The SMILES string of the molecule is NC1CCCN(C(=O)c2cc(I)c(F)cc2Cl)C1. The van der Waals surface area contributed by atoms with Crippen LogP contribution in [-0.2, 0) is 0 Å². The van der Waals surface area contributed by atoms with Gasteiger partial charge in [0, 0.05) is 22.7 Å². The molecule has 2 N–H and O–H groups in total. The lowest BCUT2D eigenvalue weighted by atomic mass is 10.1. The van der Waals surface area contributed by atoms with Crippen LogP contribution in [0.1, 0.15) is 23.2 Å². The highest BCUT2D eigenvalue weighted by atomic mass is 127. The second-order valence-electron chi connectivity index (χ2n) is 4.40. The number of benzene rings is 1. The topological polar surface area (TPSA) is 46.3 Å². The standard InChI is InChI=1S/C12H13ClFIN2O/c13-9-5-10(14)11(15)4-8(9)12(18)17-3-1-2-7(16)6-17/h4-5,7H,1-3,6,16H2. The largest absolute Gasteiger partial charge is 0.337 e. The molecule has 2 rings (SSSR count). The minimum absolute atomic E-state index is 0.0148. The maximum absolute atomic E-state index is 13.3. The third-order valence-corrected chi connectivity index (χ3v) is 4.12. The number of carbonyl (C=O) groups excluding carboxylic acids is 1. The molecule has 1 aliphatic heterocycles. The summed E-state index contributed by atoms with van der Waals surface area (Å²) in [5.41, 5.74) is 6.19. The fourth-order valence-electron chi connectivity index (χ4n) is 2.05. The van der Waals surface area contributed by atoms with Gasteiger partial charge >= 0.3 is 0 Å². The van der Waals surface area contributed by atoms with Gasteiger partial charge in [-0.15, -0.1) is 0 Å². The molecule has 1 unspecified atom stereocenters. The average Bonchev–Trinajstić information content (AvgIpc) is 2.33. The van der Waals surface area contributed by atoms with Gasteiger partial charge in [0.15, 0.2) is 0 Å². The van der Waals surface area contributed by atoms with Crippen LogP contribution in [0, 0.1) is 9.39 Å². The summed E-state index contributed by atoms with van der Waals surface area (Å²) < 4.78 is 13.7. The maximum Gasteiger partial charge on any atom is 0.255 e. The number of carbonyl (C=O) groups is 1. The molecule has 1 heterocycles.